The van der Waals surface area contributed by atoms with E-state index in [0.29, 0.717) is 13.0 Å². The monoisotopic (exact) mass is 199 g/mol. The van der Waals surface area contributed by atoms with E-state index in [1.54, 1.807) is 0 Å². The third kappa shape index (κ3) is 11.2. The summed E-state index contributed by atoms with van der Waals surface area (Å²) in [6, 6.07) is 0. The number of hydrogen-bond donors (Lipinski definition) is 2. The first-order chi connectivity index (χ1) is 6.77. The molecule has 82 valence electrons. The molecule has 0 aromatic carbocycles. The maximum absolute atomic E-state index is 10.2. The highest BCUT2D eigenvalue weighted by Gasteiger charge is 1.95. The van der Waals surface area contributed by atoms with E-state index in [1.165, 1.54) is 12.8 Å². The molecule has 0 saturated carbocycles. The predicted octanol–water partition coefficient (Wildman–Crippen LogP) is 2.32. The van der Waals surface area contributed by atoms with E-state index < -0.39 is 5.97 Å². The van der Waals surface area contributed by atoms with Crippen LogP contribution >= 0.6 is 0 Å². The summed E-state index contributed by atoms with van der Waals surface area (Å²) in [5.74, 6) is -0.684. The van der Waals surface area contributed by atoms with Crippen molar-refractivity contribution in [3.8, 4) is 0 Å². The smallest absolute Gasteiger partial charge is 0.303 e. The number of hydrogen-bond acceptors (Lipinski definition) is 2. The second-order valence-corrected chi connectivity index (χ2v) is 3.41. The maximum Gasteiger partial charge on any atom is 0.303 e. The molecule has 0 bridgehead atoms. The lowest BCUT2D eigenvalue weighted by atomic mass is 10.1. The van der Waals surface area contributed by atoms with Gasteiger partial charge in [-0.25, -0.2) is 0 Å². The Labute approximate surface area is 86.0 Å². The highest BCUT2D eigenvalue weighted by Crippen LogP contribution is 2.07. The van der Waals surface area contributed by atoms with Gasteiger partial charge in [0.15, 0.2) is 0 Å². The van der Waals surface area contributed by atoms with Gasteiger partial charge in [0.2, 0.25) is 0 Å². The molecule has 3 nitrogen and oxygen atoms in total. The van der Waals surface area contributed by atoms with Crippen molar-refractivity contribution in [3.05, 3.63) is 12.2 Å². The highest BCUT2D eigenvalue weighted by atomic mass is 16.4. The largest absolute Gasteiger partial charge is 0.481 e. The van der Waals surface area contributed by atoms with E-state index in [-0.39, 0.29) is 0 Å². The van der Waals surface area contributed by atoms with Gasteiger partial charge in [0.25, 0.3) is 0 Å². The van der Waals surface area contributed by atoms with Gasteiger partial charge in [0.05, 0.1) is 0 Å². The summed E-state index contributed by atoms with van der Waals surface area (Å²) < 4.78 is 0. The summed E-state index contributed by atoms with van der Waals surface area (Å²) in [6.07, 6.45) is 10.9. The lowest BCUT2D eigenvalue weighted by Gasteiger charge is -1.97. The number of allylic oxidation sites excluding steroid dienone is 1. The number of carboxylic acids is 1. The lowest BCUT2D eigenvalue weighted by Crippen LogP contribution is -1.93. The first-order valence-corrected chi connectivity index (χ1v) is 5.34. The summed E-state index contributed by atoms with van der Waals surface area (Å²) in [7, 11) is 0. The maximum atomic E-state index is 10.2. The summed E-state index contributed by atoms with van der Waals surface area (Å²) in [5.41, 5.74) is 5.29. The molecule has 0 aliphatic heterocycles. The van der Waals surface area contributed by atoms with Crippen LogP contribution in [0.4, 0.5) is 0 Å². The molecule has 0 heterocycles. The van der Waals surface area contributed by atoms with Crippen LogP contribution in [0.2, 0.25) is 0 Å². The van der Waals surface area contributed by atoms with Crippen LogP contribution < -0.4 is 5.73 Å². The minimum Gasteiger partial charge on any atom is -0.481 e. The molecule has 0 amide bonds. The number of aliphatic carboxylic acids is 1. The van der Waals surface area contributed by atoms with Crippen molar-refractivity contribution in [2.75, 3.05) is 6.54 Å². The van der Waals surface area contributed by atoms with E-state index in [4.69, 9.17) is 10.8 Å². The van der Waals surface area contributed by atoms with Crippen LogP contribution in [0.1, 0.15) is 44.9 Å². The number of rotatable bonds is 9. The SMILES string of the molecule is NCC=CCCCCCCCC(=O)O. The van der Waals surface area contributed by atoms with Gasteiger partial charge in [-0.2, -0.15) is 0 Å². The number of carbonyl (C=O) groups is 1. The zero-order valence-electron chi connectivity index (χ0n) is 8.74. The van der Waals surface area contributed by atoms with Gasteiger partial charge in [0, 0.05) is 13.0 Å². The van der Waals surface area contributed by atoms with Crippen molar-refractivity contribution < 1.29 is 9.90 Å². The van der Waals surface area contributed by atoms with E-state index in [2.05, 4.69) is 6.08 Å². The summed E-state index contributed by atoms with van der Waals surface area (Å²) in [5, 5.41) is 8.39. The fourth-order valence-electron chi connectivity index (χ4n) is 1.28. The van der Waals surface area contributed by atoms with Gasteiger partial charge in [-0.3, -0.25) is 4.79 Å². The van der Waals surface area contributed by atoms with Crippen molar-refractivity contribution in [1.82, 2.24) is 0 Å². The summed E-state index contributed by atoms with van der Waals surface area (Å²) in [6.45, 7) is 0.624. The molecular formula is C11H21NO2. The van der Waals surface area contributed by atoms with E-state index in [1.807, 2.05) is 6.08 Å². The average molecular weight is 199 g/mol. The van der Waals surface area contributed by atoms with Crippen molar-refractivity contribution in [1.29, 1.82) is 0 Å². The van der Waals surface area contributed by atoms with Gasteiger partial charge < -0.3 is 10.8 Å². The molecule has 0 unspecified atom stereocenters. The number of nitrogens with two attached hydrogens (primary N) is 1. The van der Waals surface area contributed by atoms with Crippen LogP contribution in [0.15, 0.2) is 12.2 Å². The van der Waals surface area contributed by atoms with Gasteiger partial charge in [-0.1, -0.05) is 31.4 Å². The van der Waals surface area contributed by atoms with Gasteiger partial charge in [-0.15, -0.1) is 0 Å². The quantitative estimate of drug-likeness (QED) is 0.442. The van der Waals surface area contributed by atoms with Crippen LogP contribution in [-0.4, -0.2) is 17.6 Å². The Bertz CT molecular complexity index is 167. The van der Waals surface area contributed by atoms with Crippen LogP contribution in [-0.2, 0) is 4.79 Å². The van der Waals surface area contributed by atoms with Crippen LogP contribution in [0.5, 0.6) is 0 Å². The fourth-order valence-corrected chi connectivity index (χ4v) is 1.28. The van der Waals surface area contributed by atoms with Crippen molar-refractivity contribution in [3.63, 3.8) is 0 Å². The van der Waals surface area contributed by atoms with Gasteiger partial charge >= 0.3 is 5.97 Å². The van der Waals surface area contributed by atoms with Gasteiger partial charge in [-0.05, 0) is 19.3 Å². The Kier molecular flexibility index (Phi) is 9.64. The molecule has 0 fully saturated rings. The van der Waals surface area contributed by atoms with Crippen LogP contribution in [0.3, 0.4) is 0 Å². The van der Waals surface area contributed by atoms with E-state index in [0.717, 1.165) is 25.7 Å². The molecule has 0 atom stereocenters. The fraction of sp³-hybridized carbons (Fsp3) is 0.727. The van der Waals surface area contributed by atoms with Crippen molar-refractivity contribution in [2.24, 2.45) is 5.73 Å². The Morgan fingerprint density at radius 2 is 1.71 bits per heavy atom. The summed E-state index contributed by atoms with van der Waals surface area (Å²) >= 11 is 0. The first kappa shape index (κ1) is 13.2. The summed E-state index contributed by atoms with van der Waals surface area (Å²) in [4.78, 5) is 10.2. The molecule has 0 rings (SSSR count). The molecule has 0 aromatic heterocycles. The normalized spacial score (nSPS) is 10.9. The second kappa shape index (κ2) is 10.3. The molecule has 0 aliphatic rings. The Morgan fingerprint density at radius 1 is 1.07 bits per heavy atom. The Balaban J connectivity index is 2.99. The average Bonchev–Trinajstić information content (AvgIpc) is 2.15. The highest BCUT2D eigenvalue weighted by molar-refractivity contribution is 5.66. The molecular weight excluding hydrogens is 178 g/mol. The topological polar surface area (TPSA) is 63.3 Å². The lowest BCUT2D eigenvalue weighted by molar-refractivity contribution is -0.137. The molecule has 0 aliphatic carbocycles. The van der Waals surface area contributed by atoms with Gasteiger partial charge in [0.1, 0.15) is 0 Å². The molecule has 14 heavy (non-hydrogen) atoms. The first-order valence-electron chi connectivity index (χ1n) is 5.34. The third-order valence-electron chi connectivity index (χ3n) is 2.06. The van der Waals surface area contributed by atoms with Crippen molar-refractivity contribution in [2.45, 2.75) is 44.9 Å². The number of unbranched alkanes of at least 4 members (excludes halogenated alkanes) is 5. The molecule has 0 radical (unpaired) electrons. The minimum atomic E-state index is -0.684. The Morgan fingerprint density at radius 3 is 2.36 bits per heavy atom. The number of carboxylic acid groups (broad SMARTS) is 1. The Hall–Kier alpha value is -0.830. The van der Waals surface area contributed by atoms with Crippen LogP contribution in [0, 0.1) is 0 Å². The van der Waals surface area contributed by atoms with E-state index >= 15 is 0 Å². The second-order valence-electron chi connectivity index (χ2n) is 3.41. The molecule has 0 spiro atoms. The predicted molar refractivity (Wildman–Crippen MR) is 58.1 cm³/mol. The minimum absolute atomic E-state index is 0.313. The molecule has 3 heteroatoms. The molecule has 0 saturated heterocycles. The van der Waals surface area contributed by atoms with Crippen molar-refractivity contribution >= 4 is 5.97 Å². The van der Waals surface area contributed by atoms with Crippen LogP contribution in [0.25, 0.3) is 0 Å². The zero-order chi connectivity index (χ0) is 10.6. The molecule has 0 aromatic rings. The molecule has 3 N–H and O–H groups in total. The third-order valence-corrected chi connectivity index (χ3v) is 2.06. The van der Waals surface area contributed by atoms with E-state index in [9.17, 15) is 4.79 Å². The standard InChI is InChI=1S/C11H21NO2/c12-10-8-6-4-2-1-3-5-7-9-11(13)14/h6,8H,1-5,7,9-10,12H2,(H,13,14). The zero-order valence-corrected chi connectivity index (χ0v) is 8.74.